The van der Waals surface area contributed by atoms with Crippen molar-refractivity contribution in [2.75, 3.05) is 0 Å². The van der Waals surface area contributed by atoms with Gasteiger partial charge in [-0.3, -0.25) is 9.78 Å². The highest BCUT2D eigenvalue weighted by molar-refractivity contribution is 5.98. The predicted octanol–water partition coefficient (Wildman–Crippen LogP) is 4.54. The Morgan fingerprint density at radius 3 is 2.58 bits per heavy atom. The molecular formula is C22H23N3O. The number of hydrogen-bond acceptors (Lipinski definition) is 2. The molecule has 0 aliphatic carbocycles. The SMILES string of the molecule is CC(C)c1ccc(-c2cc(-c3cc4c([nH]3)C[C@@H](C)NC4=O)ccn2)cc1. The van der Waals surface area contributed by atoms with Crippen LogP contribution in [0.2, 0.25) is 0 Å². The van der Waals surface area contributed by atoms with Crippen molar-refractivity contribution in [2.24, 2.45) is 0 Å². The van der Waals surface area contributed by atoms with E-state index in [1.54, 1.807) is 0 Å². The number of aromatic amines is 1. The summed E-state index contributed by atoms with van der Waals surface area (Å²) >= 11 is 0. The van der Waals surface area contributed by atoms with E-state index < -0.39 is 0 Å². The lowest BCUT2D eigenvalue weighted by atomic mass is 10.00. The van der Waals surface area contributed by atoms with Crippen LogP contribution in [0.1, 0.15) is 48.3 Å². The molecule has 4 rings (SSSR count). The van der Waals surface area contributed by atoms with Crippen LogP contribution in [0, 0.1) is 0 Å². The number of nitrogens with zero attached hydrogens (tertiary/aromatic N) is 1. The van der Waals surface area contributed by atoms with Gasteiger partial charge in [0.25, 0.3) is 5.91 Å². The van der Waals surface area contributed by atoms with E-state index in [-0.39, 0.29) is 11.9 Å². The van der Waals surface area contributed by atoms with Crippen molar-refractivity contribution in [3.63, 3.8) is 0 Å². The van der Waals surface area contributed by atoms with Gasteiger partial charge < -0.3 is 10.3 Å². The summed E-state index contributed by atoms with van der Waals surface area (Å²) in [6.45, 7) is 6.41. The third-order valence-corrected chi connectivity index (χ3v) is 4.98. The minimum absolute atomic E-state index is 0.000182. The van der Waals surface area contributed by atoms with E-state index in [4.69, 9.17) is 0 Å². The molecule has 26 heavy (non-hydrogen) atoms. The van der Waals surface area contributed by atoms with Crippen molar-refractivity contribution >= 4 is 5.91 Å². The molecule has 4 nitrogen and oxygen atoms in total. The second-order valence-corrected chi connectivity index (χ2v) is 7.36. The number of H-pyrrole nitrogens is 1. The highest BCUT2D eigenvalue weighted by Crippen LogP contribution is 2.28. The van der Waals surface area contributed by atoms with Gasteiger partial charge in [-0.05, 0) is 36.6 Å². The first-order valence-corrected chi connectivity index (χ1v) is 9.11. The lowest BCUT2D eigenvalue weighted by Gasteiger charge is -2.19. The number of benzene rings is 1. The van der Waals surface area contributed by atoms with Gasteiger partial charge in [0.15, 0.2) is 0 Å². The van der Waals surface area contributed by atoms with Crippen molar-refractivity contribution in [3.8, 4) is 22.5 Å². The van der Waals surface area contributed by atoms with Crippen molar-refractivity contribution in [3.05, 3.63) is 65.5 Å². The highest BCUT2D eigenvalue weighted by Gasteiger charge is 2.24. The summed E-state index contributed by atoms with van der Waals surface area (Å²) in [7, 11) is 0. The third-order valence-electron chi connectivity index (χ3n) is 4.98. The van der Waals surface area contributed by atoms with E-state index in [9.17, 15) is 4.79 Å². The Morgan fingerprint density at radius 1 is 1.08 bits per heavy atom. The quantitative estimate of drug-likeness (QED) is 0.732. The zero-order valence-electron chi connectivity index (χ0n) is 15.3. The summed E-state index contributed by atoms with van der Waals surface area (Å²) in [5.74, 6) is 0.516. The van der Waals surface area contributed by atoms with Crippen LogP contribution in [0.5, 0.6) is 0 Å². The second-order valence-electron chi connectivity index (χ2n) is 7.36. The lowest BCUT2D eigenvalue weighted by molar-refractivity contribution is 0.0929. The molecule has 132 valence electrons. The van der Waals surface area contributed by atoms with Gasteiger partial charge in [-0.2, -0.15) is 0 Å². The average molecular weight is 345 g/mol. The van der Waals surface area contributed by atoms with Crippen LogP contribution in [0.4, 0.5) is 0 Å². The molecule has 3 heterocycles. The molecule has 1 aromatic carbocycles. The van der Waals surface area contributed by atoms with Gasteiger partial charge in [-0.15, -0.1) is 0 Å². The number of rotatable bonds is 3. The Labute approximate surface area is 153 Å². The molecule has 2 N–H and O–H groups in total. The topological polar surface area (TPSA) is 57.8 Å². The third kappa shape index (κ3) is 3.03. The molecule has 0 fully saturated rings. The zero-order valence-corrected chi connectivity index (χ0v) is 15.3. The van der Waals surface area contributed by atoms with Crippen LogP contribution in [0.3, 0.4) is 0 Å². The number of aromatic nitrogens is 2. The highest BCUT2D eigenvalue weighted by atomic mass is 16.1. The fourth-order valence-corrected chi connectivity index (χ4v) is 3.47. The number of amides is 1. The first-order chi connectivity index (χ1) is 12.5. The molecule has 1 aliphatic rings. The van der Waals surface area contributed by atoms with Gasteiger partial charge in [-0.1, -0.05) is 38.1 Å². The van der Waals surface area contributed by atoms with Crippen molar-refractivity contribution in [1.29, 1.82) is 0 Å². The summed E-state index contributed by atoms with van der Waals surface area (Å²) in [5, 5.41) is 2.98. The standard InChI is InChI=1S/C22H23N3O/c1-13(2)15-4-6-16(7-5-15)19-11-17(8-9-23-19)20-12-18-21(25-20)10-14(3)24-22(18)26/h4-9,11-14,25H,10H2,1-3H3,(H,24,26)/t14-/m1/s1. The molecule has 3 aromatic rings. The first-order valence-electron chi connectivity index (χ1n) is 9.11. The minimum Gasteiger partial charge on any atom is -0.358 e. The van der Waals surface area contributed by atoms with E-state index >= 15 is 0 Å². The van der Waals surface area contributed by atoms with Gasteiger partial charge >= 0.3 is 0 Å². The van der Waals surface area contributed by atoms with Crippen LogP contribution < -0.4 is 5.32 Å². The molecule has 0 saturated carbocycles. The molecule has 1 aliphatic heterocycles. The van der Waals surface area contributed by atoms with Crippen molar-refractivity contribution in [1.82, 2.24) is 15.3 Å². The van der Waals surface area contributed by atoms with E-state index in [1.165, 1.54) is 5.56 Å². The average Bonchev–Trinajstić information content (AvgIpc) is 3.06. The molecular weight excluding hydrogens is 322 g/mol. The van der Waals surface area contributed by atoms with Gasteiger partial charge in [0.05, 0.1) is 11.3 Å². The summed E-state index contributed by atoms with van der Waals surface area (Å²) < 4.78 is 0. The molecule has 1 amide bonds. The van der Waals surface area contributed by atoms with Crippen LogP contribution in [0.25, 0.3) is 22.5 Å². The van der Waals surface area contributed by atoms with Crippen LogP contribution in [-0.2, 0) is 6.42 Å². The molecule has 0 bridgehead atoms. The summed E-state index contributed by atoms with van der Waals surface area (Å²) in [6.07, 6.45) is 2.65. The summed E-state index contributed by atoms with van der Waals surface area (Å²) in [6, 6.07) is 14.7. The number of hydrogen-bond donors (Lipinski definition) is 2. The van der Waals surface area contributed by atoms with Crippen LogP contribution >= 0.6 is 0 Å². The van der Waals surface area contributed by atoms with E-state index in [0.29, 0.717) is 5.92 Å². The van der Waals surface area contributed by atoms with E-state index in [1.807, 2.05) is 25.3 Å². The van der Waals surface area contributed by atoms with Crippen molar-refractivity contribution < 1.29 is 4.79 Å². The largest absolute Gasteiger partial charge is 0.358 e. The summed E-state index contributed by atoms with van der Waals surface area (Å²) in [5.41, 5.74) is 7.11. The number of carbonyl (C=O) groups is 1. The Hall–Kier alpha value is -2.88. The Bertz CT molecular complexity index is 954. The molecule has 1 atom stereocenters. The zero-order chi connectivity index (χ0) is 18.3. The van der Waals surface area contributed by atoms with E-state index in [2.05, 4.69) is 59.5 Å². The maximum absolute atomic E-state index is 12.2. The number of pyridine rings is 1. The summed E-state index contributed by atoms with van der Waals surface area (Å²) in [4.78, 5) is 20.1. The van der Waals surface area contributed by atoms with Gasteiger partial charge in [-0.25, -0.2) is 0 Å². The molecule has 0 unspecified atom stereocenters. The first kappa shape index (κ1) is 16.6. The van der Waals surface area contributed by atoms with E-state index in [0.717, 1.165) is 40.2 Å². The van der Waals surface area contributed by atoms with Crippen molar-refractivity contribution in [2.45, 2.75) is 39.2 Å². The lowest BCUT2D eigenvalue weighted by Crippen LogP contribution is -2.38. The molecule has 0 spiro atoms. The smallest absolute Gasteiger partial charge is 0.253 e. The number of nitrogens with one attached hydrogen (secondary N) is 2. The Kier molecular flexibility index (Phi) is 4.11. The number of fused-ring (bicyclic) bond motifs is 1. The van der Waals surface area contributed by atoms with Gasteiger partial charge in [0.1, 0.15) is 0 Å². The predicted molar refractivity (Wildman–Crippen MR) is 104 cm³/mol. The molecule has 2 aromatic heterocycles. The van der Waals surface area contributed by atoms with Gasteiger partial charge in [0.2, 0.25) is 0 Å². The minimum atomic E-state index is -0.000182. The van der Waals surface area contributed by atoms with Crippen LogP contribution in [0.15, 0.2) is 48.7 Å². The van der Waals surface area contributed by atoms with Gasteiger partial charge in [0, 0.05) is 41.2 Å². The Morgan fingerprint density at radius 2 is 1.85 bits per heavy atom. The maximum Gasteiger partial charge on any atom is 0.253 e. The molecule has 0 radical (unpaired) electrons. The maximum atomic E-state index is 12.2. The Balaban J connectivity index is 1.68. The monoisotopic (exact) mass is 345 g/mol. The molecule has 4 heteroatoms. The normalized spacial score (nSPS) is 16.5. The second kappa shape index (κ2) is 6.45. The fraction of sp³-hybridized carbons (Fsp3) is 0.273. The fourth-order valence-electron chi connectivity index (χ4n) is 3.47. The number of carbonyl (C=O) groups excluding carboxylic acids is 1. The molecule has 0 saturated heterocycles. The van der Waals surface area contributed by atoms with Crippen LogP contribution in [-0.4, -0.2) is 21.9 Å².